The molecule has 0 rings (SSSR count). The fraction of sp³-hybridized carbons (Fsp3) is 0.714. The topological polar surface area (TPSA) is 56.1 Å². The first-order valence-corrected chi connectivity index (χ1v) is 3.59. The van der Waals surface area contributed by atoms with Gasteiger partial charge in [0.15, 0.2) is 0 Å². The Morgan fingerprint density at radius 1 is 1.73 bits per heavy atom. The van der Waals surface area contributed by atoms with Gasteiger partial charge in [0.1, 0.15) is 6.54 Å². The van der Waals surface area contributed by atoms with E-state index in [4.69, 9.17) is 5.26 Å². The van der Waals surface area contributed by atoms with Gasteiger partial charge in [0, 0.05) is 13.6 Å². The van der Waals surface area contributed by atoms with Crippen molar-refractivity contribution >= 4 is 6.03 Å². The average Bonchev–Trinajstić information content (AvgIpc) is 2.03. The quantitative estimate of drug-likeness (QED) is 0.605. The van der Waals surface area contributed by atoms with Crippen LogP contribution >= 0.6 is 0 Å². The van der Waals surface area contributed by atoms with Crippen molar-refractivity contribution in [3.63, 3.8) is 0 Å². The molecule has 1 N–H and O–H groups in total. The van der Waals surface area contributed by atoms with Gasteiger partial charge < -0.3 is 10.2 Å². The lowest BCUT2D eigenvalue weighted by atomic mass is 10.4. The van der Waals surface area contributed by atoms with Crippen LogP contribution in [0.15, 0.2) is 0 Å². The Kier molecular flexibility index (Phi) is 4.91. The van der Waals surface area contributed by atoms with Gasteiger partial charge in [0.2, 0.25) is 0 Å². The minimum Gasteiger partial charge on any atom is -0.341 e. The molecule has 0 bridgehead atoms. The predicted octanol–water partition coefficient (Wildman–Crippen LogP) is 0.561. The number of carbonyl (C=O) groups excluding carboxylic acids is 1. The summed E-state index contributed by atoms with van der Waals surface area (Å²) in [6.45, 7) is 2.76. The van der Waals surface area contributed by atoms with Crippen LogP contribution < -0.4 is 5.32 Å². The third kappa shape index (κ3) is 3.46. The Hall–Kier alpha value is -1.24. The van der Waals surface area contributed by atoms with E-state index in [2.05, 4.69) is 5.32 Å². The van der Waals surface area contributed by atoms with Crippen molar-refractivity contribution in [2.75, 3.05) is 20.1 Å². The summed E-state index contributed by atoms with van der Waals surface area (Å²) < 4.78 is 0. The second-order valence-electron chi connectivity index (χ2n) is 2.13. The van der Waals surface area contributed by atoms with E-state index >= 15 is 0 Å². The number of urea groups is 1. The normalized spacial score (nSPS) is 8.45. The summed E-state index contributed by atoms with van der Waals surface area (Å²) in [5, 5.41) is 10.8. The SMILES string of the molecule is CCCN(CC#N)C(=O)NC. The lowest BCUT2D eigenvalue weighted by molar-refractivity contribution is 0.206. The lowest BCUT2D eigenvalue weighted by Gasteiger charge is -2.17. The zero-order valence-electron chi connectivity index (χ0n) is 6.92. The van der Waals surface area contributed by atoms with Crippen LogP contribution in [0.3, 0.4) is 0 Å². The summed E-state index contributed by atoms with van der Waals surface area (Å²) in [4.78, 5) is 12.4. The number of carbonyl (C=O) groups is 1. The molecule has 4 nitrogen and oxygen atoms in total. The molecule has 0 heterocycles. The van der Waals surface area contributed by atoms with Crippen LogP contribution in [-0.2, 0) is 0 Å². The maximum Gasteiger partial charge on any atom is 0.317 e. The van der Waals surface area contributed by atoms with Gasteiger partial charge in [-0.05, 0) is 6.42 Å². The molecule has 0 aliphatic heterocycles. The first kappa shape index (κ1) is 9.76. The number of rotatable bonds is 3. The van der Waals surface area contributed by atoms with Crippen LogP contribution in [0.1, 0.15) is 13.3 Å². The van der Waals surface area contributed by atoms with E-state index in [-0.39, 0.29) is 12.6 Å². The summed E-state index contributed by atoms with van der Waals surface area (Å²) >= 11 is 0. The summed E-state index contributed by atoms with van der Waals surface area (Å²) in [6.07, 6.45) is 0.870. The highest BCUT2D eigenvalue weighted by molar-refractivity contribution is 5.73. The fourth-order valence-electron chi connectivity index (χ4n) is 0.766. The van der Waals surface area contributed by atoms with E-state index in [1.165, 1.54) is 4.90 Å². The third-order valence-electron chi connectivity index (χ3n) is 1.26. The van der Waals surface area contributed by atoms with Gasteiger partial charge in [-0.2, -0.15) is 5.26 Å². The largest absolute Gasteiger partial charge is 0.341 e. The molecule has 11 heavy (non-hydrogen) atoms. The van der Waals surface area contributed by atoms with Crippen molar-refractivity contribution in [1.82, 2.24) is 10.2 Å². The highest BCUT2D eigenvalue weighted by Crippen LogP contribution is 1.90. The number of hydrogen-bond donors (Lipinski definition) is 1. The van der Waals surface area contributed by atoms with Crippen LogP contribution in [0.4, 0.5) is 4.79 Å². The standard InChI is InChI=1S/C7H13N3O/c1-3-5-10(6-4-8)7(11)9-2/h3,5-6H2,1-2H3,(H,9,11). The Morgan fingerprint density at radius 2 is 2.36 bits per heavy atom. The van der Waals surface area contributed by atoms with Gasteiger partial charge in [-0.1, -0.05) is 6.92 Å². The zero-order chi connectivity index (χ0) is 8.69. The van der Waals surface area contributed by atoms with Crippen LogP contribution in [0, 0.1) is 11.3 Å². The predicted molar refractivity (Wildman–Crippen MR) is 41.9 cm³/mol. The molecule has 2 amide bonds. The van der Waals surface area contributed by atoms with Crippen molar-refractivity contribution in [2.45, 2.75) is 13.3 Å². The monoisotopic (exact) mass is 155 g/mol. The van der Waals surface area contributed by atoms with Crippen molar-refractivity contribution in [2.24, 2.45) is 0 Å². The Morgan fingerprint density at radius 3 is 2.73 bits per heavy atom. The molecule has 0 fully saturated rings. The van der Waals surface area contributed by atoms with Gasteiger partial charge in [-0.15, -0.1) is 0 Å². The van der Waals surface area contributed by atoms with E-state index in [1.54, 1.807) is 7.05 Å². The molecule has 62 valence electrons. The molecular formula is C7H13N3O. The molecule has 0 spiro atoms. The maximum absolute atomic E-state index is 11.0. The van der Waals surface area contributed by atoms with Crippen LogP contribution in [-0.4, -0.2) is 31.1 Å². The molecule has 4 heteroatoms. The first-order valence-electron chi connectivity index (χ1n) is 3.59. The van der Waals surface area contributed by atoms with Gasteiger partial charge in [-0.25, -0.2) is 4.79 Å². The van der Waals surface area contributed by atoms with Crippen molar-refractivity contribution < 1.29 is 4.79 Å². The molecule has 0 radical (unpaired) electrons. The highest BCUT2D eigenvalue weighted by atomic mass is 16.2. The third-order valence-corrected chi connectivity index (χ3v) is 1.26. The lowest BCUT2D eigenvalue weighted by Crippen LogP contribution is -2.38. The number of nitrogens with one attached hydrogen (secondary N) is 1. The Balaban J connectivity index is 3.89. The van der Waals surface area contributed by atoms with Crippen molar-refractivity contribution in [3.8, 4) is 6.07 Å². The molecule has 0 aromatic heterocycles. The number of nitriles is 1. The second kappa shape index (κ2) is 5.54. The Bertz CT molecular complexity index is 162. The summed E-state index contributed by atoms with van der Waals surface area (Å²) in [5.74, 6) is 0. The van der Waals surface area contributed by atoms with E-state index in [9.17, 15) is 4.79 Å². The molecule has 0 aliphatic rings. The average molecular weight is 155 g/mol. The molecule has 0 saturated carbocycles. The molecule has 0 atom stereocenters. The zero-order valence-corrected chi connectivity index (χ0v) is 6.92. The smallest absolute Gasteiger partial charge is 0.317 e. The number of nitrogens with zero attached hydrogens (tertiary/aromatic N) is 2. The molecule has 0 aromatic rings. The fourth-order valence-corrected chi connectivity index (χ4v) is 0.766. The molecule has 0 aromatic carbocycles. The first-order chi connectivity index (χ1) is 5.26. The van der Waals surface area contributed by atoms with Crippen LogP contribution in [0.2, 0.25) is 0 Å². The number of hydrogen-bond acceptors (Lipinski definition) is 2. The van der Waals surface area contributed by atoms with Crippen molar-refractivity contribution in [1.29, 1.82) is 5.26 Å². The second-order valence-corrected chi connectivity index (χ2v) is 2.13. The molecule has 0 unspecified atom stereocenters. The van der Waals surface area contributed by atoms with Gasteiger partial charge in [0.25, 0.3) is 0 Å². The summed E-state index contributed by atoms with van der Waals surface area (Å²) in [5.41, 5.74) is 0. The highest BCUT2D eigenvalue weighted by Gasteiger charge is 2.08. The number of amides is 2. The Labute approximate surface area is 66.8 Å². The van der Waals surface area contributed by atoms with Crippen LogP contribution in [0.5, 0.6) is 0 Å². The van der Waals surface area contributed by atoms with E-state index in [0.717, 1.165) is 6.42 Å². The van der Waals surface area contributed by atoms with E-state index < -0.39 is 0 Å². The minimum absolute atomic E-state index is 0.160. The minimum atomic E-state index is -0.187. The van der Waals surface area contributed by atoms with Crippen molar-refractivity contribution in [3.05, 3.63) is 0 Å². The summed E-state index contributed by atoms with van der Waals surface area (Å²) in [6, 6.07) is 1.75. The van der Waals surface area contributed by atoms with Gasteiger partial charge in [0.05, 0.1) is 6.07 Å². The van der Waals surface area contributed by atoms with Gasteiger partial charge >= 0.3 is 6.03 Å². The van der Waals surface area contributed by atoms with Gasteiger partial charge in [-0.3, -0.25) is 0 Å². The van der Waals surface area contributed by atoms with E-state index in [0.29, 0.717) is 6.54 Å². The maximum atomic E-state index is 11.0. The summed E-state index contributed by atoms with van der Waals surface area (Å²) in [7, 11) is 1.56. The van der Waals surface area contributed by atoms with Crippen LogP contribution in [0.25, 0.3) is 0 Å². The van der Waals surface area contributed by atoms with E-state index in [1.807, 2.05) is 13.0 Å². The molecule has 0 aliphatic carbocycles. The molecular weight excluding hydrogens is 142 g/mol. The molecule has 0 saturated heterocycles.